The summed E-state index contributed by atoms with van der Waals surface area (Å²) in [6.45, 7) is 3.82. The molecule has 1 aliphatic rings. The molecule has 1 aliphatic heterocycles. The number of benzene rings is 1. The van der Waals surface area contributed by atoms with E-state index in [1.807, 2.05) is 12.1 Å². The lowest BCUT2D eigenvalue weighted by atomic mass is 10.1. The Labute approximate surface area is 157 Å². The fraction of sp³-hybridized carbons (Fsp3) is 0.529. The van der Waals surface area contributed by atoms with Crippen LogP contribution in [0.15, 0.2) is 18.2 Å². The molecule has 6 nitrogen and oxygen atoms in total. The van der Waals surface area contributed by atoms with Gasteiger partial charge >= 0.3 is 12.1 Å². The summed E-state index contributed by atoms with van der Waals surface area (Å²) in [5.41, 5.74) is 0.973. The zero-order valence-electron chi connectivity index (χ0n) is 14.2. The van der Waals surface area contributed by atoms with Gasteiger partial charge in [0.1, 0.15) is 0 Å². The summed E-state index contributed by atoms with van der Waals surface area (Å²) >= 11 is 11.9. The van der Waals surface area contributed by atoms with Crippen LogP contribution in [-0.4, -0.2) is 49.3 Å². The van der Waals surface area contributed by atoms with E-state index < -0.39 is 0 Å². The highest BCUT2D eigenvalue weighted by atomic mass is 35.5. The first-order valence-corrected chi connectivity index (χ1v) is 9.14. The maximum Gasteiger partial charge on any atom is 0.409 e. The van der Waals surface area contributed by atoms with Crippen molar-refractivity contribution in [2.45, 2.75) is 32.2 Å². The lowest BCUT2D eigenvalue weighted by Gasteiger charge is -2.31. The largest absolute Gasteiger partial charge is 0.450 e. The number of likely N-dealkylation sites (tertiary alicyclic amines) is 1. The molecule has 1 saturated heterocycles. The van der Waals surface area contributed by atoms with Gasteiger partial charge in [0, 0.05) is 35.7 Å². The highest BCUT2D eigenvalue weighted by Gasteiger charge is 2.24. The van der Waals surface area contributed by atoms with Crippen LogP contribution in [0, 0.1) is 0 Å². The predicted octanol–water partition coefficient (Wildman–Crippen LogP) is 3.46. The molecule has 2 N–H and O–H groups in total. The summed E-state index contributed by atoms with van der Waals surface area (Å²) in [6.07, 6.45) is 1.80. The van der Waals surface area contributed by atoms with Gasteiger partial charge in [-0.2, -0.15) is 0 Å². The molecular weight excluding hydrogens is 365 g/mol. The summed E-state index contributed by atoms with van der Waals surface area (Å²) in [4.78, 5) is 25.3. The highest BCUT2D eigenvalue weighted by Crippen LogP contribution is 2.19. The number of halogens is 2. The molecule has 1 heterocycles. The van der Waals surface area contributed by atoms with Gasteiger partial charge in [0.15, 0.2) is 0 Å². The number of urea groups is 1. The molecule has 0 aliphatic carbocycles. The summed E-state index contributed by atoms with van der Waals surface area (Å²) in [5.74, 6) is 0. The molecule has 25 heavy (non-hydrogen) atoms. The van der Waals surface area contributed by atoms with Gasteiger partial charge in [0.25, 0.3) is 0 Å². The minimum absolute atomic E-state index is 0.0614. The van der Waals surface area contributed by atoms with Crippen molar-refractivity contribution in [1.82, 2.24) is 15.5 Å². The van der Waals surface area contributed by atoms with Crippen LogP contribution >= 0.6 is 23.2 Å². The quantitative estimate of drug-likeness (QED) is 0.812. The van der Waals surface area contributed by atoms with E-state index in [-0.39, 0.29) is 18.2 Å². The SMILES string of the molecule is CCOC(=O)N1CCC(NC(=O)NCCc2cc(Cl)cc(Cl)c2)CC1. The van der Waals surface area contributed by atoms with E-state index in [1.54, 1.807) is 17.9 Å². The Balaban J connectivity index is 1.66. The van der Waals surface area contributed by atoms with Crippen LogP contribution in [0.5, 0.6) is 0 Å². The Morgan fingerprint density at radius 1 is 1.20 bits per heavy atom. The van der Waals surface area contributed by atoms with Crippen molar-refractivity contribution in [3.8, 4) is 0 Å². The van der Waals surface area contributed by atoms with Crippen LogP contribution in [0.25, 0.3) is 0 Å². The smallest absolute Gasteiger partial charge is 0.409 e. The monoisotopic (exact) mass is 387 g/mol. The van der Waals surface area contributed by atoms with Gasteiger partial charge in [0.2, 0.25) is 0 Å². The molecule has 1 aromatic rings. The van der Waals surface area contributed by atoms with E-state index in [9.17, 15) is 9.59 Å². The number of nitrogens with one attached hydrogen (secondary N) is 2. The molecule has 1 aromatic carbocycles. The van der Waals surface area contributed by atoms with Gasteiger partial charge in [-0.1, -0.05) is 23.2 Å². The second kappa shape index (κ2) is 9.73. The van der Waals surface area contributed by atoms with Gasteiger partial charge in [-0.25, -0.2) is 9.59 Å². The van der Waals surface area contributed by atoms with E-state index in [1.165, 1.54) is 0 Å². The Morgan fingerprint density at radius 3 is 2.44 bits per heavy atom. The predicted molar refractivity (Wildman–Crippen MR) is 98.3 cm³/mol. The average Bonchev–Trinajstić information content (AvgIpc) is 2.55. The Morgan fingerprint density at radius 2 is 1.84 bits per heavy atom. The maximum absolute atomic E-state index is 12.0. The van der Waals surface area contributed by atoms with Crippen molar-refractivity contribution in [2.75, 3.05) is 26.2 Å². The number of piperidine rings is 1. The van der Waals surface area contributed by atoms with Gasteiger partial charge < -0.3 is 20.3 Å². The van der Waals surface area contributed by atoms with Crippen molar-refractivity contribution >= 4 is 35.3 Å². The van der Waals surface area contributed by atoms with Gasteiger partial charge in [-0.3, -0.25) is 0 Å². The summed E-state index contributed by atoms with van der Waals surface area (Å²) in [6, 6.07) is 5.19. The lowest BCUT2D eigenvalue weighted by Crippen LogP contribution is -2.49. The Bertz CT molecular complexity index is 585. The fourth-order valence-corrected chi connectivity index (χ4v) is 3.30. The number of hydrogen-bond acceptors (Lipinski definition) is 3. The number of nitrogens with zero attached hydrogens (tertiary/aromatic N) is 1. The normalized spacial score (nSPS) is 14.9. The molecule has 8 heteroatoms. The molecule has 0 spiro atoms. The first-order chi connectivity index (χ1) is 12.0. The second-order valence-corrected chi connectivity index (χ2v) is 6.76. The molecule has 0 unspecified atom stereocenters. The molecule has 3 amide bonds. The third kappa shape index (κ3) is 6.63. The molecule has 0 radical (unpaired) electrons. The topological polar surface area (TPSA) is 70.7 Å². The second-order valence-electron chi connectivity index (χ2n) is 5.89. The fourth-order valence-electron chi connectivity index (χ4n) is 2.73. The lowest BCUT2D eigenvalue weighted by molar-refractivity contribution is 0.0957. The number of amides is 3. The average molecular weight is 388 g/mol. The van der Waals surface area contributed by atoms with E-state index in [4.69, 9.17) is 27.9 Å². The zero-order valence-corrected chi connectivity index (χ0v) is 15.7. The van der Waals surface area contributed by atoms with Crippen molar-refractivity contribution < 1.29 is 14.3 Å². The van der Waals surface area contributed by atoms with Crippen LogP contribution in [-0.2, 0) is 11.2 Å². The zero-order chi connectivity index (χ0) is 18.2. The van der Waals surface area contributed by atoms with E-state index >= 15 is 0 Å². The molecule has 0 bridgehead atoms. The summed E-state index contributed by atoms with van der Waals surface area (Å²) in [5, 5.41) is 6.94. The number of rotatable bonds is 5. The van der Waals surface area contributed by atoms with Crippen molar-refractivity contribution in [3.63, 3.8) is 0 Å². The molecular formula is C17H23Cl2N3O3. The standard InChI is InChI=1S/C17H23Cl2N3O3/c1-2-25-17(24)22-7-4-15(5-8-22)21-16(23)20-6-3-12-9-13(18)11-14(19)10-12/h9-11,15H,2-8H2,1H3,(H2,20,21,23). The molecule has 1 fully saturated rings. The minimum Gasteiger partial charge on any atom is -0.450 e. The highest BCUT2D eigenvalue weighted by molar-refractivity contribution is 6.34. The third-order valence-electron chi connectivity index (χ3n) is 3.98. The summed E-state index contributed by atoms with van der Waals surface area (Å²) in [7, 11) is 0. The number of carbonyl (C=O) groups excluding carboxylic acids is 2. The molecule has 138 valence electrons. The first-order valence-electron chi connectivity index (χ1n) is 8.39. The van der Waals surface area contributed by atoms with Gasteiger partial charge in [-0.15, -0.1) is 0 Å². The third-order valence-corrected chi connectivity index (χ3v) is 4.41. The van der Waals surface area contributed by atoms with Crippen molar-refractivity contribution in [2.24, 2.45) is 0 Å². The minimum atomic E-state index is -0.286. The molecule has 2 rings (SSSR count). The van der Waals surface area contributed by atoms with E-state index in [0.29, 0.717) is 42.7 Å². The summed E-state index contributed by atoms with van der Waals surface area (Å²) < 4.78 is 4.98. The van der Waals surface area contributed by atoms with Crippen LogP contribution in [0.4, 0.5) is 9.59 Å². The molecule has 0 atom stereocenters. The van der Waals surface area contributed by atoms with Gasteiger partial charge in [0.05, 0.1) is 6.61 Å². The van der Waals surface area contributed by atoms with E-state index in [0.717, 1.165) is 18.4 Å². The Kier molecular flexibility index (Phi) is 7.65. The Hall–Kier alpha value is -1.66. The first kappa shape index (κ1) is 19.7. The van der Waals surface area contributed by atoms with Crippen LogP contribution in [0.3, 0.4) is 0 Å². The number of hydrogen-bond donors (Lipinski definition) is 2. The molecule has 0 aromatic heterocycles. The molecule has 0 saturated carbocycles. The number of ether oxygens (including phenoxy) is 1. The van der Waals surface area contributed by atoms with Crippen molar-refractivity contribution in [3.05, 3.63) is 33.8 Å². The number of carbonyl (C=O) groups is 2. The van der Waals surface area contributed by atoms with Crippen LogP contribution in [0.1, 0.15) is 25.3 Å². The van der Waals surface area contributed by atoms with Crippen LogP contribution in [0.2, 0.25) is 10.0 Å². The maximum atomic E-state index is 12.0. The van der Waals surface area contributed by atoms with Crippen LogP contribution < -0.4 is 10.6 Å². The van der Waals surface area contributed by atoms with Crippen molar-refractivity contribution in [1.29, 1.82) is 0 Å². The van der Waals surface area contributed by atoms with Gasteiger partial charge in [-0.05, 0) is 49.9 Å². The van der Waals surface area contributed by atoms with E-state index in [2.05, 4.69) is 10.6 Å².